The number of carbonyl (C=O) groups is 1. The van der Waals surface area contributed by atoms with Crippen LogP contribution in [0.25, 0.3) is 0 Å². The number of nitrogens with two attached hydrogens (primary N) is 1. The first-order chi connectivity index (χ1) is 12.1. The van der Waals surface area contributed by atoms with E-state index in [1.807, 2.05) is 30.3 Å². The molecule has 0 atom stereocenters. The van der Waals surface area contributed by atoms with Crippen molar-refractivity contribution in [3.05, 3.63) is 83.9 Å². The van der Waals surface area contributed by atoms with Crippen LogP contribution >= 0.6 is 0 Å². The predicted octanol–water partition coefficient (Wildman–Crippen LogP) is 4.34. The number of anilines is 1. The van der Waals surface area contributed by atoms with E-state index in [9.17, 15) is 9.90 Å². The first kappa shape index (κ1) is 16.4. The summed E-state index contributed by atoms with van der Waals surface area (Å²) < 4.78 is 11.4. The van der Waals surface area contributed by atoms with Crippen molar-refractivity contribution in [3.63, 3.8) is 0 Å². The van der Waals surface area contributed by atoms with Gasteiger partial charge >= 0.3 is 5.97 Å². The molecule has 0 aromatic heterocycles. The lowest BCUT2D eigenvalue weighted by molar-refractivity contribution is 0.0696. The summed E-state index contributed by atoms with van der Waals surface area (Å²) in [5.74, 6) is 0.319. The smallest absolute Gasteiger partial charge is 0.335 e. The Kier molecular flexibility index (Phi) is 4.85. The number of nitrogen functional groups attached to an aromatic ring is 1. The largest absolute Gasteiger partial charge is 0.489 e. The molecule has 5 nitrogen and oxygen atoms in total. The lowest BCUT2D eigenvalue weighted by Crippen LogP contribution is -2.00. The Morgan fingerprint density at radius 2 is 1.56 bits per heavy atom. The Bertz CT molecular complexity index is 861. The minimum absolute atomic E-state index is 0.0935. The van der Waals surface area contributed by atoms with Gasteiger partial charge in [0, 0.05) is 11.8 Å². The third-order valence-corrected chi connectivity index (χ3v) is 3.49. The molecule has 3 N–H and O–H groups in total. The lowest BCUT2D eigenvalue weighted by atomic mass is 10.2. The first-order valence-corrected chi connectivity index (χ1v) is 7.69. The minimum atomic E-state index is -1.05. The third kappa shape index (κ3) is 4.51. The van der Waals surface area contributed by atoms with E-state index in [1.165, 1.54) is 12.1 Å². The summed E-state index contributed by atoms with van der Waals surface area (Å²) in [4.78, 5) is 11.3. The molecule has 0 saturated heterocycles. The van der Waals surface area contributed by atoms with Gasteiger partial charge in [-0.05, 0) is 42.0 Å². The highest BCUT2D eigenvalue weighted by Crippen LogP contribution is 2.28. The van der Waals surface area contributed by atoms with Crippen molar-refractivity contribution in [3.8, 4) is 17.2 Å². The Balaban J connectivity index is 1.81. The third-order valence-electron chi connectivity index (χ3n) is 3.49. The van der Waals surface area contributed by atoms with Crippen molar-refractivity contribution in [1.82, 2.24) is 0 Å². The number of hydrogen-bond donors (Lipinski definition) is 2. The molecule has 5 heteroatoms. The maximum Gasteiger partial charge on any atom is 0.335 e. The summed E-state index contributed by atoms with van der Waals surface area (Å²) in [6, 6.07) is 21.1. The van der Waals surface area contributed by atoms with Gasteiger partial charge in [0.15, 0.2) is 0 Å². The van der Waals surface area contributed by atoms with Crippen LogP contribution in [0.5, 0.6) is 17.2 Å². The lowest BCUT2D eigenvalue weighted by Gasteiger charge is -2.11. The van der Waals surface area contributed by atoms with Crippen LogP contribution in [0.15, 0.2) is 72.8 Å². The molecule has 0 radical (unpaired) electrons. The van der Waals surface area contributed by atoms with Gasteiger partial charge in [0.1, 0.15) is 23.9 Å². The molecule has 3 aromatic carbocycles. The van der Waals surface area contributed by atoms with Crippen LogP contribution in [0, 0.1) is 0 Å². The fourth-order valence-corrected chi connectivity index (χ4v) is 2.25. The van der Waals surface area contributed by atoms with Crippen molar-refractivity contribution < 1.29 is 19.4 Å². The van der Waals surface area contributed by atoms with Crippen molar-refractivity contribution in [2.24, 2.45) is 0 Å². The van der Waals surface area contributed by atoms with Gasteiger partial charge in [-0.1, -0.05) is 30.3 Å². The van der Waals surface area contributed by atoms with E-state index in [0.29, 0.717) is 29.5 Å². The number of rotatable bonds is 6. The molecular formula is C20H17NO4. The molecule has 0 bridgehead atoms. The molecule has 126 valence electrons. The highest BCUT2D eigenvalue weighted by molar-refractivity contribution is 5.88. The fourth-order valence-electron chi connectivity index (χ4n) is 2.25. The SMILES string of the molecule is Nc1ccc(Oc2cc(OCc3ccccc3)cc(C(=O)O)c2)cc1. The van der Waals surface area contributed by atoms with Crippen molar-refractivity contribution in [1.29, 1.82) is 0 Å². The maximum atomic E-state index is 11.3. The van der Waals surface area contributed by atoms with Crippen molar-refractivity contribution in [2.45, 2.75) is 6.61 Å². The molecule has 0 heterocycles. The average Bonchev–Trinajstić information content (AvgIpc) is 2.63. The molecule has 25 heavy (non-hydrogen) atoms. The molecule has 0 spiro atoms. The molecule has 3 rings (SSSR count). The second-order valence-electron chi connectivity index (χ2n) is 5.44. The van der Waals surface area contributed by atoms with Crippen LogP contribution in [0.4, 0.5) is 5.69 Å². The average molecular weight is 335 g/mol. The zero-order chi connectivity index (χ0) is 17.6. The molecular weight excluding hydrogens is 318 g/mol. The van der Waals surface area contributed by atoms with Gasteiger partial charge in [0.05, 0.1) is 5.56 Å². The molecule has 3 aromatic rings. The Morgan fingerprint density at radius 3 is 2.24 bits per heavy atom. The van der Waals surface area contributed by atoms with Crippen molar-refractivity contribution >= 4 is 11.7 Å². The van der Waals surface area contributed by atoms with Crippen LogP contribution in [0.1, 0.15) is 15.9 Å². The number of ether oxygens (including phenoxy) is 2. The first-order valence-electron chi connectivity index (χ1n) is 7.69. The zero-order valence-electron chi connectivity index (χ0n) is 13.4. The van der Waals surface area contributed by atoms with Gasteiger partial charge in [-0.2, -0.15) is 0 Å². The van der Waals surface area contributed by atoms with E-state index < -0.39 is 5.97 Å². The molecule has 0 fully saturated rings. The molecule has 0 saturated carbocycles. The van der Waals surface area contributed by atoms with E-state index in [1.54, 1.807) is 30.3 Å². The topological polar surface area (TPSA) is 81.8 Å². The number of carboxylic acids is 1. The van der Waals surface area contributed by atoms with Gasteiger partial charge in [-0.25, -0.2) is 4.79 Å². The summed E-state index contributed by atoms with van der Waals surface area (Å²) in [6.45, 7) is 0.339. The van der Waals surface area contributed by atoms with E-state index in [2.05, 4.69) is 0 Å². The second-order valence-corrected chi connectivity index (χ2v) is 5.44. The molecule has 0 amide bonds. The number of hydrogen-bond acceptors (Lipinski definition) is 4. The van der Waals surface area contributed by atoms with Crippen LogP contribution in [0.3, 0.4) is 0 Å². The van der Waals surface area contributed by atoms with E-state index in [-0.39, 0.29) is 5.56 Å². The molecule has 0 unspecified atom stereocenters. The second kappa shape index (κ2) is 7.40. The summed E-state index contributed by atoms with van der Waals surface area (Å²) in [6.07, 6.45) is 0. The summed E-state index contributed by atoms with van der Waals surface area (Å²) >= 11 is 0. The highest BCUT2D eigenvalue weighted by Gasteiger charge is 2.10. The highest BCUT2D eigenvalue weighted by atomic mass is 16.5. The van der Waals surface area contributed by atoms with Crippen LogP contribution in [0.2, 0.25) is 0 Å². The molecule has 0 aliphatic carbocycles. The Labute approximate surface area is 145 Å². The molecule has 0 aliphatic heterocycles. The van der Waals surface area contributed by atoms with Gasteiger partial charge in [0.25, 0.3) is 0 Å². The van der Waals surface area contributed by atoms with Crippen LogP contribution in [-0.2, 0) is 6.61 Å². The number of benzene rings is 3. The van der Waals surface area contributed by atoms with Crippen LogP contribution in [-0.4, -0.2) is 11.1 Å². The monoisotopic (exact) mass is 335 g/mol. The van der Waals surface area contributed by atoms with Gasteiger partial charge in [-0.3, -0.25) is 0 Å². The summed E-state index contributed by atoms with van der Waals surface area (Å²) in [5.41, 5.74) is 7.36. The van der Waals surface area contributed by atoms with Gasteiger partial charge in [0.2, 0.25) is 0 Å². The minimum Gasteiger partial charge on any atom is -0.489 e. The maximum absolute atomic E-state index is 11.3. The van der Waals surface area contributed by atoms with E-state index >= 15 is 0 Å². The number of aromatic carboxylic acids is 1. The van der Waals surface area contributed by atoms with Crippen LogP contribution < -0.4 is 15.2 Å². The quantitative estimate of drug-likeness (QED) is 0.655. The van der Waals surface area contributed by atoms with Gasteiger partial charge < -0.3 is 20.3 Å². The Hall–Kier alpha value is -3.47. The zero-order valence-corrected chi connectivity index (χ0v) is 13.4. The van der Waals surface area contributed by atoms with Crippen molar-refractivity contribution in [2.75, 3.05) is 5.73 Å². The summed E-state index contributed by atoms with van der Waals surface area (Å²) in [7, 11) is 0. The fraction of sp³-hybridized carbons (Fsp3) is 0.0500. The van der Waals surface area contributed by atoms with E-state index in [0.717, 1.165) is 5.56 Å². The van der Waals surface area contributed by atoms with E-state index in [4.69, 9.17) is 15.2 Å². The predicted molar refractivity (Wildman–Crippen MR) is 95.1 cm³/mol. The normalized spacial score (nSPS) is 10.2. The summed E-state index contributed by atoms with van der Waals surface area (Å²) in [5, 5.41) is 9.29. The van der Waals surface area contributed by atoms with Gasteiger partial charge in [-0.15, -0.1) is 0 Å². The molecule has 0 aliphatic rings. The standard InChI is InChI=1S/C20H17NO4/c21-16-6-8-17(9-7-16)25-19-11-15(20(22)23)10-18(12-19)24-13-14-4-2-1-3-5-14/h1-12H,13,21H2,(H,22,23). The number of carboxylic acid groups (broad SMARTS) is 1. The Morgan fingerprint density at radius 1 is 0.880 bits per heavy atom.